The van der Waals surface area contributed by atoms with Gasteiger partial charge in [0.25, 0.3) is 0 Å². The summed E-state index contributed by atoms with van der Waals surface area (Å²) in [7, 11) is -4.35. The van der Waals surface area contributed by atoms with Gasteiger partial charge in [0.15, 0.2) is 29.0 Å². The molecule has 6 N–H and O–H groups in total. The Morgan fingerprint density at radius 2 is 1.98 bits per heavy atom. The number of aliphatic hydroxyl groups is 1. The summed E-state index contributed by atoms with van der Waals surface area (Å²) >= 11 is 7.12. The highest BCUT2D eigenvalue weighted by molar-refractivity contribution is 8.13. The summed E-state index contributed by atoms with van der Waals surface area (Å²) in [4.78, 5) is 36.4. The minimum Gasteiger partial charge on any atom is -0.462 e. The number of nitrogens with two attached hydrogens (primary N) is 2. The van der Waals surface area contributed by atoms with Crippen molar-refractivity contribution in [2.45, 2.75) is 77.3 Å². The van der Waals surface area contributed by atoms with Crippen molar-refractivity contribution in [1.29, 1.82) is 0 Å². The van der Waals surface area contributed by atoms with Gasteiger partial charge in [0.05, 0.1) is 25.6 Å². The summed E-state index contributed by atoms with van der Waals surface area (Å²) in [5, 5.41) is 10.5. The Hall–Kier alpha value is -2.11. The third kappa shape index (κ3) is 8.08. The van der Waals surface area contributed by atoms with Crippen LogP contribution < -0.4 is 16.6 Å². The van der Waals surface area contributed by atoms with Crippen molar-refractivity contribution in [3.63, 3.8) is 0 Å². The van der Waals surface area contributed by atoms with E-state index in [0.29, 0.717) is 0 Å². The van der Waals surface area contributed by atoms with Crippen molar-refractivity contribution >= 4 is 65.1 Å². The maximum Gasteiger partial charge on any atom is 0.406 e. The van der Waals surface area contributed by atoms with Crippen molar-refractivity contribution in [2.75, 3.05) is 30.4 Å². The summed E-state index contributed by atoms with van der Waals surface area (Å²) in [5.41, 5.74) is 11.0. The van der Waals surface area contributed by atoms with Gasteiger partial charge in [-0.05, 0) is 20.8 Å². The van der Waals surface area contributed by atoms with Gasteiger partial charge >= 0.3 is 13.7 Å². The van der Waals surface area contributed by atoms with E-state index in [1.807, 2.05) is 0 Å². The molecule has 0 saturated carbocycles. The number of halogens is 2. The Labute approximate surface area is 251 Å². The van der Waals surface area contributed by atoms with E-state index >= 15 is 4.39 Å². The lowest BCUT2D eigenvalue weighted by molar-refractivity contribution is -0.149. The molecule has 19 heteroatoms. The van der Waals surface area contributed by atoms with Crippen LogP contribution in [0.3, 0.4) is 0 Å². The second-order valence-electron chi connectivity index (χ2n) is 10.8. The quantitative estimate of drug-likeness (QED) is 0.112. The van der Waals surface area contributed by atoms with Crippen LogP contribution in [-0.4, -0.2) is 84.2 Å². The van der Waals surface area contributed by atoms with Gasteiger partial charge in [-0.2, -0.15) is 9.97 Å². The molecule has 1 aliphatic rings. The summed E-state index contributed by atoms with van der Waals surface area (Å²) in [6.45, 7) is 8.95. The maximum absolute atomic E-state index is 15.5. The number of anilines is 2. The van der Waals surface area contributed by atoms with E-state index in [-0.39, 0.29) is 40.4 Å². The number of nitrogens with zero attached hydrogens (tertiary/aromatic N) is 4. The van der Waals surface area contributed by atoms with Crippen molar-refractivity contribution in [2.24, 2.45) is 5.41 Å². The Bertz CT molecular complexity index is 1340. The zero-order valence-electron chi connectivity index (χ0n) is 23.9. The predicted octanol–water partition coefficient (Wildman–Crippen LogP) is 2.53. The predicted molar refractivity (Wildman–Crippen MR) is 154 cm³/mol. The fourth-order valence-electron chi connectivity index (χ4n) is 3.63. The molecule has 3 rings (SSSR count). The van der Waals surface area contributed by atoms with Gasteiger partial charge in [0, 0.05) is 11.2 Å². The van der Waals surface area contributed by atoms with Gasteiger partial charge < -0.3 is 26.0 Å². The standard InChI is InChI=1S/C23H36ClFN7O8PS/c1-11(2)39-19(33)12(3)31-41(36,37-7-8-42-20(34)22(4,5)6)38-9-13-23(24,35)15(25)18(40-13)32-10-28-14-16(26)29-21(27)30-17(14)32/h10-13,15,18,35H,7-9H2,1-6H3,(H,31,36)(H4,26,27,29,30). The molecule has 0 aliphatic carbocycles. The van der Waals surface area contributed by atoms with Crippen LogP contribution in [0.1, 0.15) is 47.8 Å². The average molecular weight is 656 g/mol. The maximum atomic E-state index is 15.5. The number of hydrogen-bond donors (Lipinski definition) is 4. The number of nitrogens with one attached hydrogen (secondary N) is 1. The molecule has 2 aromatic heterocycles. The van der Waals surface area contributed by atoms with Gasteiger partial charge in [-0.3, -0.25) is 23.2 Å². The first-order valence-electron chi connectivity index (χ1n) is 12.9. The fourth-order valence-corrected chi connectivity index (χ4v) is 6.22. The summed E-state index contributed by atoms with van der Waals surface area (Å²) in [5.74, 6) is -0.876. The Kier molecular flexibility index (Phi) is 10.9. The first-order valence-corrected chi connectivity index (χ1v) is 15.8. The zero-order valence-corrected chi connectivity index (χ0v) is 26.4. The lowest BCUT2D eigenvalue weighted by Crippen LogP contribution is -2.42. The number of rotatable bonds is 12. The molecule has 2 aromatic rings. The van der Waals surface area contributed by atoms with Gasteiger partial charge in [-0.15, -0.1) is 0 Å². The van der Waals surface area contributed by atoms with Crippen LogP contribution in [0.15, 0.2) is 6.33 Å². The van der Waals surface area contributed by atoms with Crippen LogP contribution in [0, 0.1) is 5.41 Å². The molecule has 1 fully saturated rings. The number of hydrogen-bond acceptors (Lipinski definition) is 14. The SMILES string of the molecule is CC(C)OC(=O)C(C)NP(=O)(OCCSC(=O)C(C)(C)C)OCC1OC(n2cnc3c(N)nc(N)nc32)C(F)C1(O)Cl. The molecule has 1 aliphatic heterocycles. The molecule has 0 amide bonds. The molecule has 0 radical (unpaired) electrons. The molecular formula is C23H36ClFN7O8PS. The smallest absolute Gasteiger partial charge is 0.406 e. The van der Waals surface area contributed by atoms with Crippen molar-refractivity contribution in [1.82, 2.24) is 24.6 Å². The van der Waals surface area contributed by atoms with Gasteiger partial charge in [-0.25, -0.2) is 19.0 Å². The van der Waals surface area contributed by atoms with Crippen LogP contribution in [0.2, 0.25) is 0 Å². The van der Waals surface area contributed by atoms with E-state index in [2.05, 4.69) is 20.0 Å². The topological polar surface area (TPSA) is 216 Å². The Morgan fingerprint density at radius 1 is 1.31 bits per heavy atom. The highest BCUT2D eigenvalue weighted by Crippen LogP contribution is 2.48. The highest BCUT2D eigenvalue weighted by Gasteiger charge is 2.57. The molecule has 3 heterocycles. The Balaban J connectivity index is 1.77. The van der Waals surface area contributed by atoms with Crippen molar-refractivity contribution in [3.05, 3.63) is 6.33 Å². The average Bonchev–Trinajstić information content (AvgIpc) is 3.37. The molecule has 6 atom stereocenters. The zero-order chi connectivity index (χ0) is 31.6. The third-order valence-corrected chi connectivity index (χ3v) is 9.19. The minimum absolute atomic E-state index is 0.0251. The van der Waals surface area contributed by atoms with E-state index < -0.39 is 61.4 Å². The number of aromatic nitrogens is 4. The van der Waals surface area contributed by atoms with Gasteiger partial charge in [-0.1, -0.05) is 44.1 Å². The number of imidazole rings is 1. The van der Waals surface area contributed by atoms with Crippen molar-refractivity contribution in [3.8, 4) is 0 Å². The summed E-state index contributed by atoms with van der Waals surface area (Å²) in [6.07, 6.45) is -4.70. The largest absolute Gasteiger partial charge is 0.462 e. The van der Waals surface area contributed by atoms with E-state index in [4.69, 9.17) is 41.6 Å². The number of carbonyl (C=O) groups is 2. The third-order valence-electron chi connectivity index (χ3n) is 5.78. The number of nitrogen functional groups attached to an aromatic ring is 2. The molecule has 236 valence electrons. The van der Waals surface area contributed by atoms with Gasteiger partial charge in [0.2, 0.25) is 11.0 Å². The number of carbonyl (C=O) groups excluding carboxylic acids is 2. The van der Waals surface area contributed by atoms with Crippen LogP contribution in [0.25, 0.3) is 11.2 Å². The minimum atomic E-state index is -4.35. The molecular weight excluding hydrogens is 620 g/mol. The molecule has 0 bridgehead atoms. The molecule has 6 unspecified atom stereocenters. The van der Waals surface area contributed by atoms with E-state index in [0.717, 1.165) is 22.7 Å². The van der Waals surface area contributed by atoms with Crippen LogP contribution in [-0.2, 0) is 32.7 Å². The number of thioether (sulfide) groups is 1. The van der Waals surface area contributed by atoms with Gasteiger partial charge in [0.1, 0.15) is 17.7 Å². The fraction of sp³-hybridized carbons (Fsp3) is 0.696. The normalized spacial score (nSPS) is 25.0. The number of ether oxygens (including phenoxy) is 2. The molecule has 1 saturated heterocycles. The molecule has 15 nitrogen and oxygen atoms in total. The number of fused-ring (bicyclic) bond motifs is 1. The van der Waals surface area contributed by atoms with Crippen LogP contribution >= 0.6 is 31.1 Å². The number of esters is 1. The molecule has 42 heavy (non-hydrogen) atoms. The van der Waals surface area contributed by atoms with E-state index in [9.17, 15) is 19.3 Å². The lowest BCUT2D eigenvalue weighted by Gasteiger charge is -2.26. The molecule has 0 spiro atoms. The molecule has 0 aromatic carbocycles. The van der Waals surface area contributed by atoms with Crippen molar-refractivity contribution < 1.29 is 42.2 Å². The number of alkyl halides is 2. The summed E-state index contributed by atoms with van der Waals surface area (Å²) in [6, 6.07) is -1.16. The van der Waals surface area contributed by atoms with Crippen LogP contribution in [0.4, 0.5) is 16.2 Å². The highest BCUT2D eigenvalue weighted by atomic mass is 35.5. The van der Waals surface area contributed by atoms with E-state index in [1.165, 1.54) is 6.92 Å². The summed E-state index contributed by atoms with van der Waals surface area (Å²) < 4.78 is 52.0. The van der Waals surface area contributed by atoms with Crippen LogP contribution in [0.5, 0.6) is 0 Å². The monoisotopic (exact) mass is 655 g/mol. The first kappa shape index (κ1) is 34.4. The Morgan fingerprint density at radius 3 is 2.60 bits per heavy atom. The lowest BCUT2D eigenvalue weighted by atomic mass is 10.00. The first-order chi connectivity index (χ1) is 19.4. The second kappa shape index (κ2) is 13.3. The second-order valence-corrected chi connectivity index (χ2v) is 14.2. The van der Waals surface area contributed by atoms with E-state index in [1.54, 1.807) is 34.6 Å².